The molecule has 0 radical (unpaired) electrons. The molecule has 2 heterocycles. The number of piperidine rings is 1. The minimum absolute atomic E-state index is 0.180. The van der Waals surface area contributed by atoms with Crippen LogP contribution < -0.4 is 10.6 Å². The van der Waals surface area contributed by atoms with E-state index in [1.54, 1.807) is 18.7 Å². The summed E-state index contributed by atoms with van der Waals surface area (Å²) in [4.78, 5) is 16.7. The molecule has 2 N–H and O–H groups in total. The average molecular weight is 323 g/mol. The van der Waals surface area contributed by atoms with Gasteiger partial charge in [0.15, 0.2) is 5.82 Å². The maximum Gasteiger partial charge on any atom is 0.255 e. The lowest BCUT2D eigenvalue weighted by Crippen LogP contribution is -2.29. The molecule has 1 fully saturated rings. The van der Waals surface area contributed by atoms with Crippen LogP contribution in [0, 0.1) is 5.92 Å². The van der Waals surface area contributed by atoms with E-state index in [9.17, 15) is 4.79 Å². The highest BCUT2D eigenvalue weighted by atomic mass is 16.5. The summed E-state index contributed by atoms with van der Waals surface area (Å²) in [6.07, 6.45) is 2.52. The lowest BCUT2D eigenvalue weighted by molar-refractivity contribution is -0.126. The van der Waals surface area contributed by atoms with Gasteiger partial charge in [0.2, 0.25) is 5.95 Å². The van der Waals surface area contributed by atoms with Gasteiger partial charge in [0.25, 0.3) is 5.91 Å². The van der Waals surface area contributed by atoms with E-state index < -0.39 is 6.10 Å². The van der Waals surface area contributed by atoms with Crippen molar-refractivity contribution in [2.75, 3.05) is 25.0 Å². The maximum absolute atomic E-state index is 12.2. The van der Waals surface area contributed by atoms with Crippen LogP contribution in [0.3, 0.4) is 0 Å². The summed E-state index contributed by atoms with van der Waals surface area (Å²) in [5.41, 5.74) is 0. The smallest absolute Gasteiger partial charge is 0.255 e. The van der Waals surface area contributed by atoms with Gasteiger partial charge in [-0.25, -0.2) is 4.68 Å². The highest BCUT2D eigenvalue weighted by molar-refractivity contribution is 5.92. The molecule has 1 saturated heterocycles. The molecule has 130 valence electrons. The summed E-state index contributed by atoms with van der Waals surface area (Å²) in [6.45, 7) is 8.60. The molecule has 0 saturated carbocycles. The molecule has 0 bridgehead atoms. The van der Waals surface area contributed by atoms with Gasteiger partial charge in [0, 0.05) is 19.6 Å². The van der Waals surface area contributed by atoms with Crippen LogP contribution in [0.4, 0.5) is 5.95 Å². The number of carbonyl (C=O) groups is 1. The second-order valence-electron chi connectivity index (χ2n) is 6.63. The number of aromatic nitrogens is 3. The molecule has 0 aromatic carbocycles. The minimum atomic E-state index is -0.493. The summed E-state index contributed by atoms with van der Waals surface area (Å²) in [6, 6.07) is 0. The van der Waals surface area contributed by atoms with Crippen molar-refractivity contribution in [2.24, 2.45) is 13.0 Å². The van der Waals surface area contributed by atoms with Gasteiger partial charge in [-0.15, -0.1) is 0 Å². The first kappa shape index (κ1) is 17.9. The van der Waals surface area contributed by atoms with Gasteiger partial charge in [-0.2, -0.15) is 10.1 Å². The van der Waals surface area contributed by atoms with Crippen LogP contribution in [0.2, 0.25) is 0 Å². The van der Waals surface area contributed by atoms with Crippen LogP contribution in [0.5, 0.6) is 0 Å². The van der Waals surface area contributed by atoms with Gasteiger partial charge in [0.05, 0.1) is 0 Å². The lowest BCUT2D eigenvalue weighted by atomic mass is 9.98. The Labute approximate surface area is 138 Å². The fourth-order valence-corrected chi connectivity index (χ4v) is 2.53. The van der Waals surface area contributed by atoms with Crippen molar-refractivity contribution in [3.63, 3.8) is 0 Å². The number of hydrogen-bond donors (Lipinski definition) is 2. The molecular weight excluding hydrogens is 294 g/mol. The topological polar surface area (TPSA) is 81.1 Å². The fourth-order valence-electron chi connectivity index (χ4n) is 2.53. The Bertz CT molecular complexity index is 509. The Hall–Kier alpha value is -1.47. The molecule has 23 heavy (non-hydrogen) atoms. The summed E-state index contributed by atoms with van der Waals surface area (Å²) in [5.74, 6) is 2.06. The van der Waals surface area contributed by atoms with Gasteiger partial charge in [0.1, 0.15) is 6.10 Å². The number of nitrogens with zero attached hydrogens (tertiary/aromatic N) is 3. The number of hydrogen-bond acceptors (Lipinski definition) is 5. The zero-order valence-corrected chi connectivity index (χ0v) is 14.6. The fraction of sp³-hybridized carbons (Fsp3) is 0.812. The van der Waals surface area contributed by atoms with Gasteiger partial charge in [-0.05, 0) is 45.2 Å². The second kappa shape index (κ2) is 8.40. The van der Waals surface area contributed by atoms with E-state index in [4.69, 9.17) is 4.74 Å². The van der Waals surface area contributed by atoms with Crippen molar-refractivity contribution in [3.8, 4) is 0 Å². The Morgan fingerprint density at radius 3 is 2.74 bits per heavy atom. The van der Waals surface area contributed by atoms with Gasteiger partial charge in [-0.3, -0.25) is 10.1 Å². The molecule has 1 aromatic heterocycles. The molecule has 7 heteroatoms. The summed E-state index contributed by atoms with van der Waals surface area (Å²) in [5, 5.41) is 10.6. The van der Waals surface area contributed by atoms with E-state index in [2.05, 4.69) is 34.6 Å². The Morgan fingerprint density at radius 1 is 1.39 bits per heavy atom. The van der Waals surface area contributed by atoms with E-state index in [1.807, 2.05) is 0 Å². The van der Waals surface area contributed by atoms with Crippen molar-refractivity contribution in [1.29, 1.82) is 0 Å². The van der Waals surface area contributed by atoms with E-state index in [0.717, 1.165) is 38.2 Å². The number of anilines is 1. The molecule has 1 aliphatic heterocycles. The first-order chi connectivity index (χ1) is 11.0. The molecular formula is C16H29N5O2. The number of aryl methyl sites for hydroxylation is 1. The van der Waals surface area contributed by atoms with Crippen molar-refractivity contribution >= 4 is 11.9 Å². The monoisotopic (exact) mass is 323 g/mol. The average Bonchev–Trinajstić information content (AvgIpc) is 2.88. The van der Waals surface area contributed by atoms with Crippen molar-refractivity contribution in [3.05, 3.63) is 5.82 Å². The molecule has 0 aliphatic carbocycles. The second-order valence-corrected chi connectivity index (χ2v) is 6.63. The Balaban J connectivity index is 1.88. The molecule has 0 spiro atoms. The number of amides is 1. The largest absolute Gasteiger partial charge is 0.369 e. The molecule has 1 unspecified atom stereocenters. The lowest BCUT2D eigenvalue weighted by Gasteiger charge is -2.19. The predicted molar refractivity (Wildman–Crippen MR) is 89.3 cm³/mol. The quantitative estimate of drug-likeness (QED) is 0.798. The molecule has 1 aromatic rings. The van der Waals surface area contributed by atoms with Gasteiger partial charge < -0.3 is 10.1 Å². The molecule has 7 nitrogen and oxygen atoms in total. The van der Waals surface area contributed by atoms with E-state index >= 15 is 0 Å². The third kappa shape index (κ3) is 5.28. The first-order valence-electron chi connectivity index (χ1n) is 8.51. The number of ether oxygens (including phenoxy) is 1. The standard InChI is InChI=1S/C16H29N5O2/c1-11(2)7-10-23-12(3)15(22)19-16-18-14(20-21(16)4)13-5-8-17-9-6-13/h11-13,17H,5-10H2,1-4H3,(H,18,19,20,22). The number of carbonyl (C=O) groups excluding carboxylic acids is 1. The predicted octanol–water partition coefficient (Wildman–Crippen LogP) is 1.67. The Kier molecular flexibility index (Phi) is 6.53. The van der Waals surface area contributed by atoms with Crippen LogP contribution in [-0.4, -0.2) is 46.5 Å². The van der Waals surface area contributed by atoms with Crippen LogP contribution in [0.25, 0.3) is 0 Å². The molecule has 1 atom stereocenters. The molecule has 1 amide bonds. The highest BCUT2D eigenvalue weighted by Gasteiger charge is 2.22. The minimum Gasteiger partial charge on any atom is -0.369 e. The third-order valence-corrected chi connectivity index (χ3v) is 4.15. The summed E-state index contributed by atoms with van der Waals surface area (Å²) >= 11 is 0. The van der Waals surface area contributed by atoms with Crippen LogP contribution in [0.15, 0.2) is 0 Å². The van der Waals surface area contributed by atoms with Crippen molar-refractivity contribution in [1.82, 2.24) is 20.1 Å². The molecule has 1 aliphatic rings. The number of rotatable bonds is 7. The van der Waals surface area contributed by atoms with Gasteiger partial charge in [-0.1, -0.05) is 13.8 Å². The van der Waals surface area contributed by atoms with Crippen molar-refractivity contribution in [2.45, 2.75) is 52.1 Å². The van der Waals surface area contributed by atoms with E-state index in [0.29, 0.717) is 24.4 Å². The van der Waals surface area contributed by atoms with Crippen LogP contribution in [0.1, 0.15) is 51.8 Å². The zero-order chi connectivity index (χ0) is 16.8. The Morgan fingerprint density at radius 2 is 2.09 bits per heavy atom. The van der Waals surface area contributed by atoms with Gasteiger partial charge >= 0.3 is 0 Å². The molecule has 2 rings (SSSR count). The normalized spacial score (nSPS) is 17.4. The summed E-state index contributed by atoms with van der Waals surface area (Å²) in [7, 11) is 1.80. The van der Waals surface area contributed by atoms with E-state index in [1.165, 1.54) is 0 Å². The highest BCUT2D eigenvalue weighted by Crippen LogP contribution is 2.23. The first-order valence-corrected chi connectivity index (χ1v) is 8.51. The van der Waals surface area contributed by atoms with E-state index in [-0.39, 0.29) is 5.91 Å². The third-order valence-electron chi connectivity index (χ3n) is 4.15. The maximum atomic E-state index is 12.2. The number of nitrogens with one attached hydrogen (secondary N) is 2. The zero-order valence-electron chi connectivity index (χ0n) is 14.6. The van der Waals surface area contributed by atoms with Crippen LogP contribution in [-0.2, 0) is 16.6 Å². The summed E-state index contributed by atoms with van der Waals surface area (Å²) < 4.78 is 7.21. The SMILES string of the molecule is CC(C)CCOC(C)C(=O)Nc1nc(C2CCNCC2)nn1C. The van der Waals surface area contributed by atoms with Crippen LogP contribution >= 0.6 is 0 Å². The van der Waals surface area contributed by atoms with Crippen molar-refractivity contribution < 1.29 is 9.53 Å².